The van der Waals surface area contributed by atoms with Crippen LogP contribution < -0.4 is 5.32 Å². The predicted octanol–water partition coefficient (Wildman–Crippen LogP) is 1.63. The van der Waals surface area contributed by atoms with E-state index in [9.17, 15) is 9.18 Å². The number of hydrogen-bond donors (Lipinski definition) is 1. The standard InChI is InChI=1S/C13H13FN4O2/c14-9-1-2-10-11(7-9)16-8-17-12(10)15-3-4-18-5-6-20-13(18)19/h1-2,7-8H,3-6H2,(H,15,16,17). The van der Waals surface area contributed by atoms with Gasteiger partial charge in [0, 0.05) is 24.5 Å². The Kier molecular flexibility index (Phi) is 3.32. The normalized spacial score (nSPS) is 14.7. The molecule has 3 rings (SSSR count). The summed E-state index contributed by atoms with van der Waals surface area (Å²) >= 11 is 0. The lowest BCUT2D eigenvalue weighted by molar-refractivity contribution is 0.159. The molecule has 0 saturated carbocycles. The van der Waals surface area contributed by atoms with E-state index in [1.54, 1.807) is 11.0 Å². The number of hydrogen-bond acceptors (Lipinski definition) is 5. The van der Waals surface area contributed by atoms with E-state index in [0.29, 0.717) is 37.6 Å². The molecule has 1 aliphatic heterocycles. The van der Waals surface area contributed by atoms with Gasteiger partial charge in [-0.3, -0.25) is 0 Å². The molecule has 1 amide bonds. The van der Waals surface area contributed by atoms with Crippen LogP contribution in [0.4, 0.5) is 15.0 Å². The number of rotatable bonds is 4. The van der Waals surface area contributed by atoms with Crippen molar-refractivity contribution >= 4 is 22.8 Å². The maximum atomic E-state index is 13.1. The summed E-state index contributed by atoms with van der Waals surface area (Å²) < 4.78 is 18.0. The number of fused-ring (bicyclic) bond motifs is 1. The third-order valence-electron chi connectivity index (χ3n) is 3.12. The number of benzene rings is 1. The Bertz CT molecular complexity index is 649. The number of nitrogens with zero attached hydrogens (tertiary/aromatic N) is 3. The lowest BCUT2D eigenvalue weighted by Crippen LogP contribution is -2.29. The van der Waals surface area contributed by atoms with Crippen LogP contribution in [0.5, 0.6) is 0 Å². The second-order valence-electron chi connectivity index (χ2n) is 4.41. The van der Waals surface area contributed by atoms with Crippen LogP contribution in [0, 0.1) is 5.82 Å². The van der Waals surface area contributed by atoms with Gasteiger partial charge in [0.2, 0.25) is 0 Å². The average Bonchev–Trinajstić information content (AvgIpc) is 2.84. The summed E-state index contributed by atoms with van der Waals surface area (Å²) in [6.07, 6.45) is 1.09. The van der Waals surface area contributed by atoms with Gasteiger partial charge in [-0.15, -0.1) is 0 Å². The van der Waals surface area contributed by atoms with E-state index in [2.05, 4.69) is 15.3 Å². The van der Waals surface area contributed by atoms with Crippen LogP contribution in [0.25, 0.3) is 10.9 Å². The summed E-state index contributed by atoms with van der Waals surface area (Å²) in [7, 11) is 0. The van der Waals surface area contributed by atoms with Crippen LogP contribution >= 0.6 is 0 Å². The first-order valence-corrected chi connectivity index (χ1v) is 6.30. The summed E-state index contributed by atoms with van der Waals surface area (Å²) in [6.45, 7) is 2.12. The van der Waals surface area contributed by atoms with E-state index in [-0.39, 0.29) is 11.9 Å². The minimum Gasteiger partial charge on any atom is -0.448 e. The van der Waals surface area contributed by atoms with Gasteiger partial charge >= 0.3 is 6.09 Å². The number of anilines is 1. The Morgan fingerprint density at radius 3 is 3.10 bits per heavy atom. The highest BCUT2D eigenvalue weighted by molar-refractivity contribution is 5.88. The minimum atomic E-state index is -0.332. The number of amides is 1. The fourth-order valence-corrected chi connectivity index (χ4v) is 2.11. The maximum absolute atomic E-state index is 13.1. The van der Waals surface area contributed by atoms with E-state index in [1.807, 2.05) is 0 Å². The summed E-state index contributed by atoms with van der Waals surface area (Å²) in [4.78, 5) is 21.1. The molecular formula is C13H13FN4O2. The number of cyclic esters (lactones) is 1. The lowest BCUT2D eigenvalue weighted by Gasteiger charge is -2.13. The van der Waals surface area contributed by atoms with Crippen molar-refractivity contribution in [3.63, 3.8) is 0 Å². The van der Waals surface area contributed by atoms with Crippen LogP contribution in [-0.2, 0) is 4.74 Å². The second kappa shape index (κ2) is 5.28. The van der Waals surface area contributed by atoms with Crippen molar-refractivity contribution in [1.82, 2.24) is 14.9 Å². The Hall–Kier alpha value is -2.44. The smallest absolute Gasteiger partial charge is 0.409 e. The number of aromatic nitrogens is 2. The first kappa shape index (κ1) is 12.6. The molecule has 2 aromatic rings. The van der Waals surface area contributed by atoms with Crippen molar-refractivity contribution < 1.29 is 13.9 Å². The van der Waals surface area contributed by atoms with E-state index in [1.165, 1.54) is 18.5 Å². The number of halogens is 1. The van der Waals surface area contributed by atoms with Gasteiger partial charge in [0.15, 0.2) is 0 Å². The van der Waals surface area contributed by atoms with E-state index >= 15 is 0 Å². The molecule has 20 heavy (non-hydrogen) atoms. The van der Waals surface area contributed by atoms with Gasteiger partial charge in [-0.1, -0.05) is 0 Å². The number of ether oxygens (including phenoxy) is 1. The average molecular weight is 276 g/mol. The number of carbonyl (C=O) groups is 1. The zero-order valence-corrected chi connectivity index (χ0v) is 10.7. The first-order chi connectivity index (χ1) is 9.74. The first-order valence-electron chi connectivity index (χ1n) is 6.30. The molecule has 0 atom stereocenters. The number of nitrogens with one attached hydrogen (secondary N) is 1. The molecule has 1 aliphatic rings. The largest absolute Gasteiger partial charge is 0.448 e. The highest BCUT2D eigenvalue weighted by Gasteiger charge is 2.20. The van der Waals surface area contributed by atoms with Crippen LogP contribution in [0.3, 0.4) is 0 Å². The van der Waals surface area contributed by atoms with Crippen molar-refractivity contribution in [3.8, 4) is 0 Å². The van der Waals surface area contributed by atoms with Crippen molar-refractivity contribution in [2.24, 2.45) is 0 Å². The van der Waals surface area contributed by atoms with Gasteiger partial charge in [0.1, 0.15) is 24.6 Å². The molecule has 1 aromatic carbocycles. The van der Waals surface area contributed by atoms with Crippen LogP contribution in [0.2, 0.25) is 0 Å². The monoisotopic (exact) mass is 276 g/mol. The van der Waals surface area contributed by atoms with Gasteiger partial charge in [0.05, 0.1) is 12.1 Å². The van der Waals surface area contributed by atoms with Crippen LogP contribution in [0.1, 0.15) is 0 Å². The molecule has 7 heteroatoms. The summed E-state index contributed by atoms with van der Waals surface area (Å²) in [5.74, 6) is 0.296. The maximum Gasteiger partial charge on any atom is 0.409 e. The Morgan fingerprint density at radius 2 is 2.30 bits per heavy atom. The van der Waals surface area contributed by atoms with E-state index < -0.39 is 0 Å². The molecule has 1 saturated heterocycles. The number of carbonyl (C=O) groups excluding carboxylic acids is 1. The highest BCUT2D eigenvalue weighted by Crippen LogP contribution is 2.19. The molecule has 0 spiro atoms. The Morgan fingerprint density at radius 1 is 1.40 bits per heavy atom. The van der Waals surface area contributed by atoms with Gasteiger partial charge < -0.3 is 15.0 Å². The summed E-state index contributed by atoms with van der Waals surface area (Å²) in [5, 5.41) is 3.88. The molecule has 1 N–H and O–H groups in total. The molecule has 104 valence electrons. The molecule has 1 fully saturated rings. The van der Waals surface area contributed by atoms with Crippen LogP contribution in [-0.4, -0.2) is 47.2 Å². The topological polar surface area (TPSA) is 67.3 Å². The fraction of sp³-hybridized carbons (Fsp3) is 0.308. The SMILES string of the molecule is O=C1OCCN1CCNc1ncnc2cc(F)ccc12. The zero-order chi connectivity index (χ0) is 13.9. The second-order valence-corrected chi connectivity index (χ2v) is 4.41. The third-order valence-corrected chi connectivity index (χ3v) is 3.12. The molecule has 2 heterocycles. The Balaban J connectivity index is 1.69. The minimum absolute atomic E-state index is 0.290. The molecule has 6 nitrogen and oxygen atoms in total. The van der Waals surface area contributed by atoms with Crippen LogP contribution in [0.15, 0.2) is 24.5 Å². The molecule has 0 radical (unpaired) electrons. The summed E-state index contributed by atoms with van der Waals surface area (Å²) in [6, 6.07) is 4.37. The summed E-state index contributed by atoms with van der Waals surface area (Å²) in [5.41, 5.74) is 0.545. The van der Waals surface area contributed by atoms with Gasteiger partial charge in [-0.25, -0.2) is 19.2 Å². The molecule has 0 unspecified atom stereocenters. The van der Waals surface area contributed by atoms with Gasteiger partial charge in [-0.2, -0.15) is 0 Å². The molecule has 0 bridgehead atoms. The lowest BCUT2D eigenvalue weighted by atomic mass is 10.2. The van der Waals surface area contributed by atoms with Crippen molar-refractivity contribution in [2.75, 3.05) is 31.6 Å². The van der Waals surface area contributed by atoms with Crippen molar-refractivity contribution in [2.45, 2.75) is 0 Å². The molecule has 1 aromatic heterocycles. The highest BCUT2D eigenvalue weighted by atomic mass is 19.1. The quantitative estimate of drug-likeness (QED) is 0.919. The Labute approximate surface area is 114 Å². The van der Waals surface area contributed by atoms with E-state index in [0.717, 1.165) is 5.39 Å². The van der Waals surface area contributed by atoms with E-state index in [4.69, 9.17) is 4.74 Å². The fourth-order valence-electron chi connectivity index (χ4n) is 2.11. The third kappa shape index (κ3) is 2.47. The van der Waals surface area contributed by atoms with Crippen molar-refractivity contribution in [3.05, 3.63) is 30.3 Å². The molecule has 0 aliphatic carbocycles. The molecular weight excluding hydrogens is 263 g/mol. The predicted molar refractivity (Wildman–Crippen MR) is 70.9 cm³/mol. The van der Waals surface area contributed by atoms with Crippen molar-refractivity contribution in [1.29, 1.82) is 0 Å². The zero-order valence-electron chi connectivity index (χ0n) is 10.7. The van der Waals surface area contributed by atoms with Gasteiger partial charge in [0.25, 0.3) is 0 Å². The van der Waals surface area contributed by atoms with Gasteiger partial charge in [-0.05, 0) is 12.1 Å².